The van der Waals surface area contributed by atoms with Crippen molar-refractivity contribution < 1.29 is 9.18 Å². The highest BCUT2D eigenvalue weighted by molar-refractivity contribution is 5.90. The van der Waals surface area contributed by atoms with Crippen LogP contribution in [-0.2, 0) is 5.41 Å². The van der Waals surface area contributed by atoms with Crippen LogP contribution >= 0.6 is 0 Å². The van der Waals surface area contributed by atoms with Gasteiger partial charge in [0, 0.05) is 17.5 Å². The van der Waals surface area contributed by atoms with Gasteiger partial charge in [0.15, 0.2) is 0 Å². The van der Waals surface area contributed by atoms with Crippen LogP contribution in [0.2, 0.25) is 0 Å². The minimum atomic E-state index is -0.374. The molecule has 0 aliphatic rings. The van der Waals surface area contributed by atoms with Gasteiger partial charge in [-0.3, -0.25) is 0 Å². The predicted octanol–water partition coefficient (Wildman–Crippen LogP) is 4.92. The van der Waals surface area contributed by atoms with Crippen LogP contribution < -0.4 is 10.6 Å². The average molecular weight is 312 g/mol. The lowest BCUT2D eigenvalue weighted by atomic mass is 9.87. The van der Waals surface area contributed by atoms with E-state index in [2.05, 4.69) is 31.4 Å². The molecule has 2 rings (SSSR count). The smallest absolute Gasteiger partial charge is 0.314 e. The summed E-state index contributed by atoms with van der Waals surface area (Å²) in [4.78, 5) is 11.8. The van der Waals surface area contributed by atoms with Gasteiger partial charge in [0.2, 0.25) is 0 Å². The van der Waals surface area contributed by atoms with E-state index in [1.165, 1.54) is 23.9 Å². The van der Waals surface area contributed by atoms with Gasteiger partial charge < -0.3 is 10.6 Å². The Labute approximate surface area is 136 Å². The summed E-state index contributed by atoms with van der Waals surface area (Å²) >= 11 is 0. The number of carbonyl (C=O) groups is 1. The van der Waals surface area contributed by atoms with Crippen molar-refractivity contribution >= 4 is 17.8 Å². The number of anilines is 1. The van der Waals surface area contributed by atoms with Crippen molar-refractivity contribution in [2.75, 3.05) is 5.32 Å². The normalized spacial score (nSPS) is 11.5. The van der Waals surface area contributed by atoms with Gasteiger partial charge in [-0.1, -0.05) is 51.1 Å². The number of benzene rings is 2. The van der Waals surface area contributed by atoms with E-state index in [1.807, 2.05) is 24.3 Å². The molecule has 2 aromatic carbocycles. The van der Waals surface area contributed by atoms with Crippen LogP contribution in [0.3, 0.4) is 0 Å². The molecule has 0 aliphatic carbocycles. The lowest BCUT2D eigenvalue weighted by Crippen LogP contribution is -2.23. The zero-order chi connectivity index (χ0) is 16.9. The van der Waals surface area contributed by atoms with Crippen molar-refractivity contribution in [3.8, 4) is 0 Å². The van der Waals surface area contributed by atoms with E-state index in [9.17, 15) is 9.18 Å². The molecule has 0 aromatic heterocycles. The molecule has 0 spiro atoms. The van der Waals surface area contributed by atoms with Gasteiger partial charge in [0.1, 0.15) is 5.82 Å². The van der Waals surface area contributed by atoms with E-state index in [-0.39, 0.29) is 17.3 Å². The topological polar surface area (TPSA) is 41.1 Å². The molecular formula is C19H21FN2O. The van der Waals surface area contributed by atoms with Crippen LogP contribution in [-0.4, -0.2) is 6.03 Å². The van der Waals surface area contributed by atoms with Crippen molar-refractivity contribution in [1.29, 1.82) is 0 Å². The molecule has 0 fully saturated rings. The fourth-order valence-corrected chi connectivity index (χ4v) is 2.04. The summed E-state index contributed by atoms with van der Waals surface area (Å²) < 4.78 is 13.4. The summed E-state index contributed by atoms with van der Waals surface area (Å²) in [5, 5.41) is 5.28. The van der Waals surface area contributed by atoms with Crippen molar-refractivity contribution in [3.05, 3.63) is 71.7 Å². The monoisotopic (exact) mass is 312 g/mol. The maximum Gasteiger partial charge on any atom is 0.323 e. The van der Waals surface area contributed by atoms with Crippen LogP contribution in [0, 0.1) is 5.82 Å². The zero-order valence-electron chi connectivity index (χ0n) is 13.6. The van der Waals surface area contributed by atoms with E-state index >= 15 is 0 Å². The Bertz CT molecular complexity index is 700. The number of carbonyl (C=O) groups excluding carboxylic acids is 1. The van der Waals surface area contributed by atoms with Gasteiger partial charge in [-0.15, -0.1) is 0 Å². The third-order valence-electron chi connectivity index (χ3n) is 3.39. The first-order chi connectivity index (χ1) is 10.9. The highest BCUT2D eigenvalue weighted by Gasteiger charge is 2.12. The molecule has 0 saturated carbocycles. The van der Waals surface area contributed by atoms with E-state index in [4.69, 9.17) is 0 Å². The Hall–Kier alpha value is -2.62. The molecule has 3 nitrogen and oxygen atoms in total. The molecule has 0 atom stereocenters. The Morgan fingerprint density at radius 3 is 2.30 bits per heavy atom. The summed E-state index contributed by atoms with van der Waals surface area (Å²) in [6, 6.07) is 13.7. The van der Waals surface area contributed by atoms with Gasteiger partial charge in [0.05, 0.1) is 0 Å². The number of halogens is 1. The van der Waals surface area contributed by atoms with E-state index in [0.717, 1.165) is 0 Å². The van der Waals surface area contributed by atoms with Crippen LogP contribution in [0.5, 0.6) is 0 Å². The molecule has 2 aromatic rings. The lowest BCUT2D eigenvalue weighted by Gasteiger charge is -2.19. The second-order valence-corrected chi connectivity index (χ2v) is 6.28. The molecule has 0 heterocycles. The molecule has 0 aliphatic heterocycles. The fourth-order valence-electron chi connectivity index (χ4n) is 2.04. The third kappa shape index (κ3) is 4.95. The summed E-state index contributed by atoms with van der Waals surface area (Å²) in [5.74, 6) is -0.330. The number of urea groups is 1. The molecule has 0 saturated heterocycles. The number of amides is 2. The Kier molecular flexibility index (Phi) is 5.16. The van der Waals surface area contributed by atoms with Gasteiger partial charge in [-0.05, 0) is 35.3 Å². The standard InChI is InChI=1S/C19H21FN2O/c1-19(2,3)15-8-10-16(11-9-15)22-18(23)21-13-12-14-6-4-5-7-17(14)20/h4-13H,1-3H3,(H2,21,22,23)/b13-12+. The summed E-state index contributed by atoms with van der Waals surface area (Å²) in [6.07, 6.45) is 2.93. The predicted molar refractivity (Wildman–Crippen MR) is 92.7 cm³/mol. The quantitative estimate of drug-likeness (QED) is 0.830. The third-order valence-corrected chi connectivity index (χ3v) is 3.39. The number of nitrogens with one attached hydrogen (secondary N) is 2. The first-order valence-electron chi connectivity index (χ1n) is 7.45. The maximum absolute atomic E-state index is 13.4. The Morgan fingerprint density at radius 2 is 1.70 bits per heavy atom. The van der Waals surface area contributed by atoms with Crippen LogP contribution in [0.1, 0.15) is 31.9 Å². The molecular weight excluding hydrogens is 291 g/mol. The molecule has 23 heavy (non-hydrogen) atoms. The molecule has 0 bridgehead atoms. The van der Waals surface area contributed by atoms with Crippen LogP contribution in [0.4, 0.5) is 14.9 Å². The summed E-state index contributed by atoms with van der Waals surface area (Å²) in [7, 11) is 0. The van der Waals surface area contributed by atoms with E-state index in [0.29, 0.717) is 11.3 Å². The van der Waals surface area contributed by atoms with Crippen molar-refractivity contribution in [2.24, 2.45) is 0 Å². The highest BCUT2D eigenvalue weighted by Crippen LogP contribution is 2.23. The molecule has 0 unspecified atom stereocenters. The van der Waals surface area contributed by atoms with Gasteiger partial charge in [0.25, 0.3) is 0 Å². The van der Waals surface area contributed by atoms with Crippen molar-refractivity contribution in [1.82, 2.24) is 5.32 Å². The van der Waals surface area contributed by atoms with Crippen LogP contribution in [0.25, 0.3) is 6.08 Å². The van der Waals surface area contributed by atoms with Gasteiger partial charge in [-0.25, -0.2) is 9.18 Å². The highest BCUT2D eigenvalue weighted by atomic mass is 19.1. The lowest BCUT2D eigenvalue weighted by molar-refractivity contribution is 0.255. The van der Waals surface area contributed by atoms with Gasteiger partial charge >= 0.3 is 6.03 Å². The second-order valence-electron chi connectivity index (χ2n) is 6.28. The van der Waals surface area contributed by atoms with Crippen molar-refractivity contribution in [2.45, 2.75) is 26.2 Å². The van der Waals surface area contributed by atoms with E-state index in [1.54, 1.807) is 18.2 Å². The summed E-state index contributed by atoms with van der Waals surface area (Å²) in [6.45, 7) is 6.40. The molecule has 4 heteroatoms. The first-order valence-corrected chi connectivity index (χ1v) is 7.45. The van der Waals surface area contributed by atoms with E-state index < -0.39 is 0 Å². The zero-order valence-corrected chi connectivity index (χ0v) is 13.6. The van der Waals surface area contributed by atoms with Crippen molar-refractivity contribution in [3.63, 3.8) is 0 Å². The number of rotatable bonds is 3. The molecule has 0 radical (unpaired) electrons. The minimum absolute atomic E-state index is 0.0727. The van der Waals surface area contributed by atoms with Crippen LogP contribution in [0.15, 0.2) is 54.7 Å². The maximum atomic E-state index is 13.4. The largest absolute Gasteiger partial charge is 0.323 e. The number of hydrogen-bond acceptors (Lipinski definition) is 1. The fraction of sp³-hybridized carbons (Fsp3) is 0.211. The average Bonchev–Trinajstić information content (AvgIpc) is 2.49. The Morgan fingerprint density at radius 1 is 1.04 bits per heavy atom. The second kappa shape index (κ2) is 7.09. The first kappa shape index (κ1) is 16.7. The SMILES string of the molecule is CC(C)(C)c1ccc(NC(=O)N/C=C/c2ccccc2F)cc1. The summed E-state index contributed by atoms with van der Waals surface area (Å²) in [5.41, 5.74) is 2.39. The molecule has 2 N–H and O–H groups in total. The Balaban J connectivity index is 1.91. The number of hydrogen-bond donors (Lipinski definition) is 2. The molecule has 2 amide bonds. The van der Waals surface area contributed by atoms with Gasteiger partial charge in [-0.2, -0.15) is 0 Å². The molecule has 120 valence electrons. The minimum Gasteiger partial charge on any atom is -0.314 e.